The molecule has 0 spiro atoms. The first kappa shape index (κ1) is 9.47. The van der Waals surface area contributed by atoms with Crippen molar-refractivity contribution in [3.05, 3.63) is 0 Å². The highest BCUT2D eigenvalue weighted by molar-refractivity contribution is 4.92. The molecule has 2 aliphatic rings. The molecule has 2 nitrogen and oxygen atoms in total. The van der Waals surface area contributed by atoms with Gasteiger partial charge in [0.1, 0.15) is 0 Å². The van der Waals surface area contributed by atoms with Crippen LogP contribution in [0.4, 0.5) is 0 Å². The second kappa shape index (κ2) is 3.58. The molecule has 1 aliphatic heterocycles. The van der Waals surface area contributed by atoms with Crippen LogP contribution in [0.15, 0.2) is 0 Å². The normalized spacial score (nSPS) is 30.0. The lowest BCUT2D eigenvalue weighted by atomic mass is 9.84. The monoisotopic (exact) mass is 184 g/mol. The van der Waals surface area contributed by atoms with Gasteiger partial charge in [-0.05, 0) is 50.9 Å². The van der Waals surface area contributed by atoms with Gasteiger partial charge in [-0.25, -0.2) is 0 Å². The van der Waals surface area contributed by atoms with E-state index in [0.717, 1.165) is 32.5 Å². The van der Waals surface area contributed by atoms with Gasteiger partial charge in [0.2, 0.25) is 0 Å². The number of rotatable bonds is 3. The molecule has 2 fully saturated rings. The zero-order valence-electron chi connectivity index (χ0n) is 8.46. The topological polar surface area (TPSA) is 29.5 Å². The molecule has 1 atom stereocenters. The Morgan fingerprint density at radius 3 is 2.38 bits per heavy atom. The van der Waals surface area contributed by atoms with Crippen molar-refractivity contribution in [2.75, 3.05) is 13.2 Å². The zero-order chi connectivity index (χ0) is 9.31. The van der Waals surface area contributed by atoms with Gasteiger partial charge in [-0.2, -0.15) is 0 Å². The van der Waals surface area contributed by atoms with Gasteiger partial charge in [-0.15, -0.1) is 0 Å². The molecule has 2 heteroatoms. The lowest BCUT2D eigenvalue weighted by Gasteiger charge is -2.30. The summed E-state index contributed by atoms with van der Waals surface area (Å²) in [6.45, 7) is 3.80. The summed E-state index contributed by atoms with van der Waals surface area (Å²) < 4.78 is 5.31. The second-order valence-corrected chi connectivity index (χ2v) is 4.89. The minimum atomic E-state index is -0.387. The van der Waals surface area contributed by atoms with Gasteiger partial charge in [-0.1, -0.05) is 0 Å². The van der Waals surface area contributed by atoms with E-state index in [2.05, 4.69) is 0 Å². The van der Waals surface area contributed by atoms with Gasteiger partial charge in [0.15, 0.2) is 0 Å². The molecule has 76 valence electrons. The van der Waals surface area contributed by atoms with Crippen LogP contribution in [-0.4, -0.2) is 23.9 Å². The standard InChI is InChI=1S/C11H20O2/c1-11(12,10-2-3-10)8-9-4-6-13-7-5-9/h9-10,12H,2-8H2,1H3. The Balaban J connectivity index is 1.80. The highest BCUT2D eigenvalue weighted by Crippen LogP contribution is 2.43. The average molecular weight is 184 g/mol. The summed E-state index contributed by atoms with van der Waals surface area (Å²) in [5.74, 6) is 1.29. The van der Waals surface area contributed by atoms with Gasteiger partial charge in [-0.3, -0.25) is 0 Å². The Hall–Kier alpha value is -0.0800. The maximum absolute atomic E-state index is 10.2. The van der Waals surface area contributed by atoms with Crippen LogP contribution in [0.5, 0.6) is 0 Å². The van der Waals surface area contributed by atoms with Gasteiger partial charge >= 0.3 is 0 Å². The van der Waals surface area contributed by atoms with E-state index in [1.807, 2.05) is 6.92 Å². The summed E-state index contributed by atoms with van der Waals surface area (Å²) in [6, 6.07) is 0. The molecule has 1 N–H and O–H groups in total. The van der Waals surface area contributed by atoms with E-state index < -0.39 is 0 Å². The lowest BCUT2D eigenvalue weighted by molar-refractivity contribution is -0.0141. The lowest BCUT2D eigenvalue weighted by Crippen LogP contribution is -2.32. The van der Waals surface area contributed by atoms with Gasteiger partial charge < -0.3 is 9.84 Å². The van der Waals surface area contributed by atoms with Crippen LogP contribution in [0.3, 0.4) is 0 Å². The molecular weight excluding hydrogens is 164 g/mol. The first-order valence-electron chi connectivity index (χ1n) is 5.48. The Kier molecular flexibility index (Phi) is 2.61. The molecule has 1 saturated heterocycles. The Labute approximate surface area is 80.3 Å². The van der Waals surface area contributed by atoms with Gasteiger partial charge in [0, 0.05) is 13.2 Å². The van der Waals surface area contributed by atoms with Crippen molar-refractivity contribution < 1.29 is 9.84 Å². The minimum Gasteiger partial charge on any atom is -0.390 e. The molecule has 1 unspecified atom stereocenters. The van der Waals surface area contributed by atoms with Crippen LogP contribution < -0.4 is 0 Å². The maximum Gasteiger partial charge on any atom is 0.0650 e. The van der Waals surface area contributed by atoms with Crippen molar-refractivity contribution in [3.8, 4) is 0 Å². The molecular formula is C11H20O2. The van der Waals surface area contributed by atoms with Crippen LogP contribution in [0.2, 0.25) is 0 Å². The molecule has 1 aliphatic carbocycles. The number of ether oxygens (including phenoxy) is 1. The van der Waals surface area contributed by atoms with E-state index in [1.54, 1.807) is 0 Å². The fraction of sp³-hybridized carbons (Fsp3) is 1.00. The van der Waals surface area contributed by atoms with E-state index in [0.29, 0.717) is 11.8 Å². The fourth-order valence-electron chi connectivity index (χ4n) is 2.41. The van der Waals surface area contributed by atoms with E-state index in [1.165, 1.54) is 12.8 Å². The maximum atomic E-state index is 10.2. The molecule has 0 aromatic heterocycles. The van der Waals surface area contributed by atoms with E-state index in [-0.39, 0.29) is 5.60 Å². The number of hydrogen-bond donors (Lipinski definition) is 1. The molecule has 1 saturated carbocycles. The minimum absolute atomic E-state index is 0.387. The Bertz CT molecular complexity index is 167. The summed E-state index contributed by atoms with van der Waals surface area (Å²) in [5, 5.41) is 10.2. The van der Waals surface area contributed by atoms with E-state index >= 15 is 0 Å². The molecule has 0 radical (unpaired) electrons. The largest absolute Gasteiger partial charge is 0.390 e. The zero-order valence-corrected chi connectivity index (χ0v) is 8.46. The van der Waals surface area contributed by atoms with Crippen molar-refractivity contribution in [2.45, 2.75) is 44.6 Å². The highest BCUT2D eigenvalue weighted by atomic mass is 16.5. The van der Waals surface area contributed by atoms with Crippen molar-refractivity contribution in [2.24, 2.45) is 11.8 Å². The van der Waals surface area contributed by atoms with E-state index in [4.69, 9.17) is 4.74 Å². The molecule has 2 rings (SSSR count). The summed E-state index contributed by atoms with van der Waals surface area (Å²) in [6.07, 6.45) is 5.74. The summed E-state index contributed by atoms with van der Waals surface area (Å²) in [5.41, 5.74) is -0.387. The predicted molar refractivity (Wildman–Crippen MR) is 51.5 cm³/mol. The number of hydrogen-bond acceptors (Lipinski definition) is 2. The molecule has 0 aromatic carbocycles. The SMILES string of the molecule is CC(O)(CC1CCOCC1)C1CC1. The van der Waals surface area contributed by atoms with Crippen molar-refractivity contribution >= 4 is 0 Å². The molecule has 13 heavy (non-hydrogen) atoms. The number of aliphatic hydroxyl groups is 1. The quantitative estimate of drug-likeness (QED) is 0.726. The fourth-order valence-corrected chi connectivity index (χ4v) is 2.41. The third-order valence-electron chi connectivity index (χ3n) is 3.50. The third-order valence-corrected chi connectivity index (χ3v) is 3.50. The van der Waals surface area contributed by atoms with Crippen molar-refractivity contribution in [3.63, 3.8) is 0 Å². The first-order valence-corrected chi connectivity index (χ1v) is 5.48. The first-order chi connectivity index (χ1) is 6.18. The van der Waals surface area contributed by atoms with Crippen molar-refractivity contribution in [1.29, 1.82) is 0 Å². The summed E-state index contributed by atoms with van der Waals surface area (Å²) in [4.78, 5) is 0. The van der Waals surface area contributed by atoms with E-state index in [9.17, 15) is 5.11 Å². The molecule has 0 aromatic rings. The summed E-state index contributed by atoms with van der Waals surface area (Å²) in [7, 11) is 0. The molecule has 0 amide bonds. The predicted octanol–water partition coefficient (Wildman–Crippen LogP) is 1.96. The Morgan fingerprint density at radius 2 is 1.85 bits per heavy atom. The van der Waals surface area contributed by atoms with Crippen LogP contribution >= 0.6 is 0 Å². The van der Waals surface area contributed by atoms with Crippen LogP contribution in [0, 0.1) is 11.8 Å². The van der Waals surface area contributed by atoms with Crippen LogP contribution in [0.25, 0.3) is 0 Å². The molecule has 0 bridgehead atoms. The Morgan fingerprint density at radius 1 is 1.23 bits per heavy atom. The summed E-state index contributed by atoms with van der Waals surface area (Å²) >= 11 is 0. The van der Waals surface area contributed by atoms with Gasteiger partial charge in [0.05, 0.1) is 5.60 Å². The van der Waals surface area contributed by atoms with Crippen LogP contribution in [-0.2, 0) is 4.74 Å². The molecule has 1 heterocycles. The van der Waals surface area contributed by atoms with Crippen molar-refractivity contribution in [1.82, 2.24) is 0 Å². The third kappa shape index (κ3) is 2.44. The van der Waals surface area contributed by atoms with Crippen LogP contribution in [0.1, 0.15) is 39.0 Å². The smallest absolute Gasteiger partial charge is 0.0650 e. The van der Waals surface area contributed by atoms with Gasteiger partial charge in [0.25, 0.3) is 0 Å². The second-order valence-electron chi connectivity index (χ2n) is 4.89. The average Bonchev–Trinajstić information content (AvgIpc) is 2.87. The highest BCUT2D eigenvalue weighted by Gasteiger charge is 2.41.